The summed E-state index contributed by atoms with van der Waals surface area (Å²) < 4.78 is 1.34. The number of amides is 2. The van der Waals surface area contributed by atoms with Crippen molar-refractivity contribution in [2.45, 2.75) is 26.7 Å². The molecule has 0 bridgehead atoms. The van der Waals surface area contributed by atoms with Crippen LogP contribution >= 0.6 is 0 Å². The molecule has 1 aliphatic rings. The fourth-order valence-electron chi connectivity index (χ4n) is 3.19. The number of carbonyl (C=O) groups excluding carboxylic acids is 2. The first-order valence-corrected chi connectivity index (χ1v) is 9.21. The molecular weight excluding hydrogens is 362 g/mol. The molecule has 28 heavy (non-hydrogen) atoms. The lowest BCUT2D eigenvalue weighted by molar-refractivity contribution is -0.137. The number of aromatic carboxylic acids is 1. The molecule has 1 aromatic carbocycles. The second kappa shape index (κ2) is 8.20. The quantitative estimate of drug-likeness (QED) is 0.810. The van der Waals surface area contributed by atoms with E-state index in [1.165, 1.54) is 10.9 Å². The van der Waals surface area contributed by atoms with Gasteiger partial charge < -0.3 is 15.3 Å². The number of rotatable bonds is 5. The Kier molecular flexibility index (Phi) is 5.72. The summed E-state index contributed by atoms with van der Waals surface area (Å²) in [6, 6.07) is 6.95. The summed E-state index contributed by atoms with van der Waals surface area (Å²) >= 11 is 0. The van der Waals surface area contributed by atoms with Crippen molar-refractivity contribution in [2.75, 3.05) is 18.4 Å². The molecule has 9 heteroatoms. The molecule has 148 valence electrons. The molecule has 0 atom stereocenters. The van der Waals surface area contributed by atoms with Gasteiger partial charge in [-0.05, 0) is 31.0 Å². The number of likely N-dealkylation sites (tertiary alicyclic amines) is 1. The smallest absolute Gasteiger partial charge is 0.358 e. The third-order valence-electron chi connectivity index (χ3n) is 4.76. The van der Waals surface area contributed by atoms with Gasteiger partial charge in [-0.2, -0.15) is 0 Å². The minimum atomic E-state index is -1.15. The first kappa shape index (κ1) is 19.5. The molecule has 2 amide bonds. The second-order valence-electron chi connectivity index (χ2n) is 7.15. The summed E-state index contributed by atoms with van der Waals surface area (Å²) in [6.45, 7) is 4.93. The van der Waals surface area contributed by atoms with E-state index in [-0.39, 0.29) is 29.3 Å². The summed E-state index contributed by atoms with van der Waals surface area (Å²) in [6.07, 6.45) is 2.58. The number of nitrogens with one attached hydrogen (secondary N) is 1. The highest BCUT2D eigenvalue weighted by atomic mass is 16.4. The lowest BCUT2D eigenvalue weighted by Crippen LogP contribution is -2.43. The first-order valence-electron chi connectivity index (χ1n) is 9.21. The van der Waals surface area contributed by atoms with Crippen molar-refractivity contribution in [3.05, 3.63) is 36.2 Å². The van der Waals surface area contributed by atoms with Crippen molar-refractivity contribution < 1.29 is 19.5 Å². The van der Waals surface area contributed by atoms with E-state index in [1.54, 1.807) is 24.3 Å². The van der Waals surface area contributed by atoms with Gasteiger partial charge in [-0.3, -0.25) is 9.59 Å². The van der Waals surface area contributed by atoms with Gasteiger partial charge >= 0.3 is 5.97 Å². The summed E-state index contributed by atoms with van der Waals surface area (Å²) in [5, 5.41) is 19.2. The van der Waals surface area contributed by atoms with Gasteiger partial charge in [0.15, 0.2) is 5.69 Å². The molecular formula is C19H23N5O4. The van der Waals surface area contributed by atoms with Crippen LogP contribution in [0.1, 0.15) is 37.2 Å². The van der Waals surface area contributed by atoms with Gasteiger partial charge in [0.1, 0.15) is 0 Å². The van der Waals surface area contributed by atoms with E-state index in [4.69, 9.17) is 5.11 Å². The molecule has 0 unspecified atom stereocenters. The zero-order valence-electron chi connectivity index (χ0n) is 15.8. The molecule has 1 aromatic heterocycles. The summed E-state index contributed by atoms with van der Waals surface area (Å²) in [5.41, 5.74) is 1.03. The van der Waals surface area contributed by atoms with Gasteiger partial charge in [0, 0.05) is 30.6 Å². The fraction of sp³-hybridized carbons (Fsp3) is 0.421. The Morgan fingerprint density at radius 1 is 1.21 bits per heavy atom. The molecule has 2 heterocycles. The van der Waals surface area contributed by atoms with Crippen molar-refractivity contribution in [2.24, 2.45) is 11.8 Å². The van der Waals surface area contributed by atoms with Crippen LogP contribution in [0.5, 0.6) is 0 Å². The van der Waals surface area contributed by atoms with E-state index in [0.717, 1.165) is 0 Å². The second-order valence-corrected chi connectivity index (χ2v) is 7.15. The number of carboxylic acids is 1. The monoisotopic (exact) mass is 385 g/mol. The molecule has 1 aliphatic heterocycles. The Hall–Kier alpha value is -3.23. The predicted octanol–water partition coefficient (Wildman–Crippen LogP) is 1.80. The maximum atomic E-state index is 12.6. The Balaban J connectivity index is 1.62. The van der Waals surface area contributed by atoms with Gasteiger partial charge in [-0.1, -0.05) is 25.1 Å². The summed E-state index contributed by atoms with van der Waals surface area (Å²) in [5.74, 6) is -1.30. The molecule has 2 aromatic rings. The van der Waals surface area contributed by atoms with Crippen molar-refractivity contribution in [1.29, 1.82) is 0 Å². The van der Waals surface area contributed by atoms with E-state index < -0.39 is 5.97 Å². The first-order chi connectivity index (χ1) is 13.3. The van der Waals surface area contributed by atoms with Crippen LogP contribution in [0.2, 0.25) is 0 Å². The Morgan fingerprint density at radius 3 is 2.54 bits per heavy atom. The maximum Gasteiger partial charge on any atom is 0.358 e. The molecule has 0 saturated carbocycles. The minimum Gasteiger partial charge on any atom is -0.476 e. The van der Waals surface area contributed by atoms with E-state index in [2.05, 4.69) is 15.6 Å². The van der Waals surface area contributed by atoms with Crippen LogP contribution in [-0.2, 0) is 9.59 Å². The Morgan fingerprint density at radius 2 is 1.93 bits per heavy atom. The number of anilines is 1. The molecule has 0 spiro atoms. The van der Waals surface area contributed by atoms with Crippen molar-refractivity contribution in [3.63, 3.8) is 0 Å². The third-order valence-corrected chi connectivity index (χ3v) is 4.76. The number of benzene rings is 1. The predicted molar refractivity (Wildman–Crippen MR) is 101 cm³/mol. The van der Waals surface area contributed by atoms with Crippen molar-refractivity contribution >= 4 is 23.5 Å². The maximum absolute atomic E-state index is 12.6. The molecule has 3 rings (SSSR count). The number of piperidine rings is 1. The summed E-state index contributed by atoms with van der Waals surface area (Å²) in [7, 11) is 0. The van der Waals surface area contributed by atoms with E-state index in [1.807, 2.05) is 18.7 Å². The van der Waals surface area contributed by atoms with E-state index in [0.29, 0.717) is 37.3 Å². The number of nitrogens with zero attached hydrogens (tertiary/aromatic N) is 4. The average Bonchev–Trinajstić information content (AvgIpc) is 3.18. The van der Waals surface area contributed by atoms with Crippen LogP contribution in [0.25, 0.3) is 5.69 Å². The largest absolute Gasteiger partial charge is 0.476 e. The van der Waals surface area contributed by atoms with Crippen LogP contribution in [0.15, 0.2) is 30.5 Å². The Labute approximate surface area is 162 Å². The topological polar surface area (TPSA) is 117 Å². The van der Waals surface area contributed by atoms with E-state index >= 15 is 0 Å². The zero-order chi connectivity index (χ0) is 20.3. The highest BCUT2D eigenvalue weighted by molar-refractivity contribution is 5.93. The third kappa shape index (κ3) is 4.36. The molecule has 1 saturated heterocycles. The number of aromatic nitrogens is 3. The summed E-state index contributed by atoms with van der Waals surface area (Å²) in [4.78, 5) is 37.4. The lowest BCUT2D eigenvalue weighted by atomic mass is 9.95. The van der Waals surface area contributed by atoms with Crippen LogP contribution < -0.4 is 5.32 Å². The number of hydrogen-bond acceptors (Lipinski definition) is 5. The van der Waals surface area contributed by atoms with Crippen LogP contribution in [0, 0.1) is 11.8 Å². The van der Waals surface area contributed by atoms with Gasteiger partial charge in [0.05, 0.1) is 11.9 Å². The van der Waals surface area contributed by atoms with E-state index in [9.17, 15) is 14.4 Å². The van der Waals surface area contributed by atoms with Crippen LogP contribution in [0.4, 0.5) is 5.69 Å². The van der Waals surface area contributed by atoms with Gasteiger partial charge in [-0.15, -0.1) is 5.10 Å². The van der Waals surface area contributed by atoms with Gasteiger partial charge in [0.25, 0.3) is 0 Å². The molecule has 1 fully saturated rings. The van der Waals surface area contributed by atoms with Crippen molar-refractivity contribution in [1.82, 2.24) is 19.9 Å². The number of hydrogen-bond donors (Lipinski definition) is 2. The normalized spacial score (nSPS) is 14.9. The highest BCUT2D eigenvalue weighted by Gasteiger charge is 2.28. The Bertz CT molecular complexity index is 884. The average molecular weight is 385 g/mol. The number of carboxylic acid groups (broad SMARTS) is 1. The molecule has 0 aliphatic carbocycles. The minimum absolute atomic E-state index is 0.0356. The number of carbonyl (C=O) groups is 3. The SMILES string of the molecule is CC(C)C(=O)N1CCC(C(=O)Nc2cccc(-n3cc(C(=O)O)nn3)c2)CC1. The molecule has 9 nitrogen and oxygen atoms in total. The van der Waals surface area contributed by atoms with Gasteiger partial charge in [-0.25, -0.2) is 9.48 Å². The van der Waals surface area contributed by atoms with Crippen LogP contribution in [0.3, 0.4) is 0 Å². The molecule has 0 radical (unpaired) electrons. The van der Waals surface area contributed by atoms with Crippen molar-refractivity contribution in [3.8, 4) is 5.69 Å². The fourth-order valence-corrected chi connectivity index (χ4v) is 3.19. The highest BCUT2D eigenvalue weighted by Crippen LogP contribution is 2.22. The lowest BCUT2D eigenvalue weighted by Gasteiger charge is -2.32. The standard InChI is InChI=1S/C19H23N5O4/c1-12(2)18(26)23-8-6-13(7-9-23)17(25)20-14-4-3-5-15(10-14)24-11-16(19(27)28)21-22-24/h3-5,10-13H,6-9H2,1-2H3,(H,20,25)(H,27,28). The van der Waals surface area contributed by atoms with Gasteiger partial charge in [0.2, 0.25) is 11.8 Å². The zero-order valence-corrected chi connectivity index (χ0v) is 15.8. The van der Waals surface area contributed by atoms with Crippen LogP contribution in [-0.4, -0.2) is 55.9 Å². The molecule has 2 N–H and O–H groups in total.